The van der Waals surface area contributed by atoms with E-state index in [-0.39, 0.29) is 17.0 Å². The van der Waals surface area contributed by atoms with Gasteiger partial charge in [0.2, 0.25) is 0 Å². The molecule has 2 atom stereocenters. The van der Waals surface area contributed by atoms with Crippen LogP contribution in [0.4, 0.5) is 4.39 Å². The molecule has 96 valence electrons. The maximum atomic E-state index is 12.9. The summed E-state index contributed by atoms with van der Waals surface area (Å²) in [5, 5.41) is 0. The molecule has 1 aliphatic heterocycles. The molecule has 1 saturated heterocycles. The van der Waals surface area contributed by atoms with Crippen LogP contribution in [0.2, 0.25) is 0 Å². The Balaban J connectivity index is 1.57. The number of nitrogens with zero attached hydrogens (tertiary/aromatic N) is 2. The maximum absolute atomic E-state index is 12.9. The van der Waals surface area contributed by atoms with Crippen LogP contribution >= 0.6 is 0 Å². The van der Waals surface area contributed by atoms with Gasteiger partial charge in [-0.05, 0) is 18.8 Å². The predicted molar refractivity (Wildman–Crippen MR) is 60.3 cm³/mol. The van der Waals surface area contributed by atoms with E-state index in [9.17, 15) is 4.39 Å². The highest BCUT2D eigenvalue weighted by atomic mass is 19.1. The minimum Gasteiger partial charge on any atom is -0.348 e. The van der Waals surface area contributed by atoms with E-state index in [1.54, 1.807) is 0 Å². The molecule has 4 nitrogen and oxygen atoms in total. The molecule has 0 N–H and O–H groups in total. The molecule has 1 spiro atoms. The van der Waals surface area contributed by atoms with Crippen LogP contribution in [0.1, 0.15) is 31.5 Å². The van der Waals surface area contributed by atoms with Crippen molar-refractivity contribution in [1.29, 1.82) is 0 Å². The third kappa shape index (κ3) is 1.44. The third-order valence-electron chi connectivity index (χ3n) is 4.62. The van der Waals surface area contributed by atoms with Gasteiger partial charge >= 0.3 is 0 Å². The molecule has 0 bridgehead atoms. The summed E-state index contributed by atoms with van der Waals surface area (Å²) in [4.78, 5) is 8.33. The van der Waals surface area contributed by atoms with Crippen molar-refractivity contribution in [2.45, 2.75) is 36.9 Å². The molecule has 0 radical (unpaired) electrons. The Bertz CT molecular complexity index is 472. The van der Waals surface area contributed by atoms with Crippen molar-refractivity contribution in [3.8, 4) is 0 Å². The van der Waals surface area contributed by atoms with Gasteiger partial charge in [0.1, 0.15) is 5.82 Å². The smallest absolute Gasteiger partial charge is 0.168 e. The Hall–Kier alpha value is -1.07. The van der Waals surface area contributed by atoms with Gasteiger partial charge in [0, 0.05) is 18.3 Å². The number of ether oxygens (including phenoxy) is 2. The second kappa shape index (κ2) is 3.48. The molecule has 5 heteroatoms. The summed E-state index contributed by atoms with van der Waals surface area (Å²) in [5.74, 6) is 0.601. The minimum atomic E-state index is -0.373. The van der Waals surface area contributed by atoms with Gasteiger partial charge < -0.3 is 9.47 Å². The first-order valence-corrected chi connectivity index (χ1v) is 6.48. The molecule has 4 rings (SSSR count). The molecule has 18 heavy (non-hydrogen) atoms. The quantitative estimate of drug-likeness (QED) is 0.762. The van der Waals surface area contributed by atoms with E-state index in [1.807, 2.05) is 0 Å². The average molecular weight is 250 g/mol. The fraction of sp³-hybridized carbons (Fsp3) is 0.692. The lowest BCUT2D eigenvalue weighted by molar-refractivity contribution is -0.180. The monoisotopic (exact) mass is 250 g/mol. The zero-order chi connectivity index (χ0) is 12.2. The van der Waals surface area contributed by atoms with Crippen LogP contribution in [0.25, 0.3) is 0 Å². The first kappa shape index (κ1) is 10.8. The van der Waals surface area contributed by atoms with Gasteiger partial charge in [-0.25, -0.2) is 14.4 Å². The zero-order valence-electron chi connectivity index (χ0n) is 10.1. The minimum absolute atomic E-state index is 0.0638. The summed E-state index contributed by atoms with van der Waals surface area (Å²) in [6.07, 6.45) is 6.40. The fourth-order valence-electron chi connectivity index (χ4n) is 3.56. The van der Waals surface area contributed by atoms with Crippen molar-refractivity contribution in [3.05, 3.63) is 24.0 Å². The molecule has 2 heterocycles. The van der Waals surface area contributed by atoms with Crippen LogP contribution in [-0.2, 0) is 14.9 Å². The van der Waals surface area contributed by atoms with Crippen molar-refractivity contribution < 1.29 is 13.9 Å². The van der Waals surface area contributed by atoms with Crippen LogP contribution in [0.5, 0.6) is 0 Å². The van der Waals surface area contributed by atoms with E-state index in [0.717, 1.165) is 31.5 Å². The molecule has 2 unspecified atom stereocenters. The first-order chi connectivity index (χ1) is 8.73. The van der Waals surface area contributed by atoms with Crippen LogP contribution < -0.4 is 0 Å². The van der Waals surface area contributed by atoms with Crippen molar-refractivity contribution >= 4 is 0 Å². The summed E-state index contributed by atoms with van der Waals surface area (Å²) in [5.41, 5.74) is 0.0638. The molecule has 2 saturated carbocycles. The topological polar surface area (TPSA) is 44.2 Å². The Morgan fingerprint density at radius 2 is 1.83 bits per heavy atom. The number of fused-ring (bicyclic) bond motifs is 1. The molecule has 1 aromatic rings. The Kier molecular flexibility index (Phi) is 2.09. The molecule has 2 aliphatic carbocycles. The van der Waals surface area contributed by atoms with Gasteiger partial charge in [0.05, 0.1) is 25.6 Å². The number of rotatable bonds is 1. The molecular weight excluding hydrogens is 235 g/mol. The molecule has 0 amide bonds. The van der Waals surface area contributed by atoms with Crippen molar-refractivity contribution in [3.63, 3.8) is 0 Å². The molecule has 1 aromatic heterocycles. The number of halogens is 1. The van der Waals surface area contributed by atoms with E-state index in [0.29, 0.717) is 19.1 Å². The van der Waals surface area contributed by atoms with Gasteiger partial charge in [0.15, 0.2) is 11.6 Å². The number of aromatic nitrogens is 2. The lowest BCUT2D eigenvalue weighted by Gasteiger charge is -2.34. The second-order valence-corrected chi connectivity index (χ2v) is 5.59. The molecule has 0 aromatic carbocycles. The van der Waals surface area contributed by atoms with Crippen LogP contribution in [0.15, 0.2) is 12.4 Å². The Labute approximate surface area is 105 Å². The molecule has 3 fully saturated rings. The van der Waals surface area contributed by atoms with Gasteiger partial charge in [-0.15, -0.1) is 0 Å². The lowest BCUT2D eigenvalue weighted by Crippen LogP contribution is -2.37. The summed E-state index contributed by atoms with van der Waals surface area (Å²) in [6.45, 7) is 1.40. The number of hydrogen-bond donors (Lipinski definition) is 0. The maximum Gasteiger partial charge on any atom is 0.168 e. The Morgan fingerprint density at radius 1 is 1.11 bits per heavy atom. The largest absolute Gasteiger partial charge is 0.348 e. The van der Waals surface area contributed by atoms with Crippen molar-refractivity contribution in [1.82, 2.24) is 9.97 Å². The van der Waals surface area contributed by atoms with E-state index in [1.165, 1.54) is 12.4 Å². The summed E-state index contributed by atoms with van der Waals surface area (Å²) >= 11 is 0. The summed E-state index contributed by atoms with van der Waals surface area (Å²) < 4.78 is 24.4. The third-order valence-corrected chi connectivity index (χ3v) is 4.62. The summed E-state index contributed by atoms with van der Waals surface area (Å²) in [7, 11) is 0. The number of hydrogen-bond acceptors (Lipinski definition) is 4. The fourth-order valence-corrected chi connectivity index (χ4v) is 3.56. The van der Waals surface area contributed by atoms with E-state index in [2.05, 4.69) is 9.97 Å². The van der Waals surface area contributed by atoms with E-state index >= 15 is 0 Å². The predicted octanol–water partition coefficient (Wildman–Crippen LogP) is 1.80. The van der Waals surface area contributed by atoms with Crippen molar-refractivity contribution in [2.75, 3.05) is 13.2 Å². The van der Waals surface area contributed by atoms with Crippen LogP contribution in [0.3, 0.4) is 0 Å². The molecular formula is C13H15FN2O2. The summed E-state index contributed by atoms with van der Waals surface area (Å²) in [6, 6.07) is 0. The first-order valence-electron chi connectivity index (χ1n) is 6.48. The van der Waals surface area contributed by atoms with E-state index < -0.39 is 0 Å². The highest BCUT2D eigenvalue weighted by Crippen LogP contribution is 2.64. The standard InChI is InChI=1S/C13H15FN2O2/c14-10-7-15-11(16-8-10)12-1-2-13(6-9(12)5-12)17-3-4-18-13/h7-9H,1-6H2. The normalized spacial score (nSPS) is 36.6. The average Bonchev–Trinajstić information content (AvgIpc) is 2.93. The van der Waals surface area contributed by atoms with Gasteiger partial charge in [-0.2, -0.15) is 0 Å². The second-order valence-electron chi connectivity index (χ2n) is 5.59. The van der Waals surface area contributed by atoms with Gasteiger partial charge in [0.25, 0.3) is 0 Å². The van der Waals surface area contributed by atoms with Crippen LogP contribution in [0, 0.1) is 11.7 Å². The lowest BCUT2D eigenvalue weighted by atomic mass is 9.84. The SMILES string of the molecule is Fc1cnc(C23CCC4(CC2C3)OCCO4)nc1. The highest BCUT2D eigenvalue weighted by Gasteiger charge is 2.64. The highest BCUT2D eigenvalue weighted by molar-refractivity contribution is 5.25. The Morgan fingerprint density at radius 3 is 2.50 bits per heavy atom. The van der Waals surface area contributed by atoms with E-state index in [4.69, 9.17) is 9.47 Å². The van der Waals surface area contributed by atoms with Crippen LogP contribution in [-0.4, -0.2) is 29.0 Å². The molecule has 3 aliphatic rings. The van der Waals surface area contributed by atoms with Gasteiger partial charge in [-0.3, -0.25) is 0 Å². The zero-order valence-corrected chi connectivity index (χ0v) is 10.1. The van der Waals surface area contributed by atoms with Gasteiger partial charge in [-0.1, -0.05) is 0 Å². The van der Waals surface area contributed by atoms with Crippen molar-refractivity contribution in [2.24, 2.45) is 5.92 Å².